The Bertz CT molecular complexity index is 916. The number of esters is 2. The molecule has 5 rings (SSSR count). The number of ether oxygens (including phenoxy) is 3. The van der Waals surface area contributed by atoms with Gasteiger partial charge in [-0.25, -0.2) is 9.59 Å². The lowest BCUT2D eigenvalue weighted by Gasteiger charge is -2.40. The summed E-state index contributed by atoms with van der Waals surface area (Å²) in [4.78, 5) is 24.9. The highest BCUT2D eigenvalue weighted by Gasteiger charge is 2.63. The van der Waals surface area contributed by atoms with Crippen LogP contribution in [-0.2, 0) is 23.8 Å². The van der Waals surface area contributed by atoms with Crippen molar-refractivity contribution < 1.29 is 23.8 Å². The van der Waals surface area contributed by atoms with Crippen molar-refractivity contribution in [2.75, 3.05) is 0 Å². The highest BCUT2D eigenvalue weighted by molar-refractivity contribution is 5.87. The van der Waals surface area contributed by atoms with Crippen molar-refractivity contribution in [3.05, 3.63) is 24.3 Å². The number of carbonyl (C=O) groups is 2. The monoisotopic (exact) mass is 498 g/mol. The Balaban J connectivity index is 1.24. The summed E-state index contributed by atoms with van der Waals surface area (Å²) in [7, 11) is 0. The van der Waals surface area contributed by atoms with Gasteiger partial charge in [-0.3, -0.25) is 0 Å². The van der Waals surface area contributed by atoms with Crippen molar-refractivity contribution in [3.63, 3.8) is 0 Å². The minimum atomic E-state index is -0.361. The zero-order valence-electron chi connectivity index (χ0n) is 22.7. The first-order chi connectivity index (χ1) is 17.1. The van der Waals surface area contributed by atoms with Crippen LogP contribution >= 0.6 is 0 Å². The summed E-state index contributed by atoms with van der Waals surface area (Å²) in [5.74, 6) is 1.74. The Morgan fingerprint density at radius 1 is 0.861 bits per heavy atom. The predicted octanol–water partition coefficient (Wildman–Crippen LogP) is 6.84. The fraction of sp³-hybridized carbons (Fsp3) is 0.806. The third kappa shape index (κ3) is 4.48. The molecule has 2 heterocycles. The molecule has 3 aliphatic carbocycles. The van der Waals surface area contributed by atoms with Gasteiger partial charge in [0.05, 0.1) is 11.7 Å². The molecule has 5 heteroatoms. The van der Waals surface area contributed by atoms with Gasteiger partial charge in [-0.05, 0) is 121 Å². The highest BCUT2D eigenvalue weighted by Crippen LogP contribution is 2.61. The predicted molar refractivity (Wildman–Crippen MR) is 139 cm³/mol. The van der Waals surface area contributed by atoms with Crippen molar-refractivity contribution in [2.45, 2.75) is 134 Å². The van der Waals surface area contributed by atoms with Crippen LogP contribution in [0, 0.1) is 23.7 Å². The number of hydrogen-bond donors (Lipinski definition) is 0. The van der Waals surface area contributed by atoms with E-state index in [2.05, 4.69) is 20.1 Å². The first kappa shape index (κ1) is 26.0. The van der Waals surface area contributed by atoms with Gasteiger partial charge in [-0.2, -0.15) is 0 Å². The molecule has 0 radical (unpaired) electrons. The first-order valence-corrected chi connectivity index (χ1v) is 14.6. The van der Waals surface area contributed by atoms with Gasteiger partial charge in [0.2, 0.25) is 0 Å². The van der Waals surface area contributed by atoms with Gasteiger partial charge in [-0.1, -0.05) is 20.1 Å². The standard InChI is InChI=1S/C31H46O5/c1-6-29(35-27(32)20(2)3)15-11-23(18-29)22-9-10-24(17-22)31-16-12-26(34-31)25(19-31)30(13-7-8-14-30)36-28(33)21(4)5/h22-26H,2,4,6-19H2,1,3,5H3. The van der Waals surface area contributed by atoms with E-state index in [1.807, 2.05) is 0 Å². The highest BCUT2D eigenvalue weighted by atomic mass is 16.6. The van der Waals surface area contributed by atoms with E-state index in [0.717, 1.165) is 70.6 Å². The second kappa shape index (κ2) is 9.60. The zero-order chi connectivity index (χ0) is 25.7. The lowest BCUT2D eigenvalue weighted by atomic mass is 9.67. The van der Waals surface area contributed by atoms with Gasteiger partial charge in [-0.15, -0.1) is 0 Å². The molecule has 2 aliphatic heterocycles. The molecule has 0 spiro atoms. The summed E-state index contributed by atoms with van der Waals surface area (Å²) in [5.41, 5.74) is 0.269. The molecule has 0 amide bonds. The third-order valence-corrected chi connectivity index (χ3v) is 10.8. The molecule has 200 valence electrons. The lowest BCUT2D eigenvalue weighted by molar-refractivity contribution is -0.163. The SMILES string of the molecule is C=C(C)C(=O)OC1(CC)CCC(C2CCC(C34CCC(O3)C(C3(OC(=O)C(=C)C)CCCC3)C4)C2)C1. The van der Waals surface area contributed by atoms with Crippen LogP contribution in [0.5, 0.6) is 0 Å². The van der Waals surface area contributed by atoms with Crippen molar-refractivity contribution in [1.82, 2.24) is 0 Å². The van der Waals surface area contributed by atoms with Gasteiger partial charge in [0, 0.05) is 17.1 Å². The van der Waals surface area contributed by atoms with Crippen LogP contribution in [0.3, 0.4) is 0 Å². The molecule has 36 heavy (non-hydrogen) atoms. The molecule has 5 nitrogen and oxygen atoms in total. The third-order valence-electron chi connectivity index (χ3n) is 10.8. The number of rotatable bonds is 8. The number of fused-ring (bicyclic) bond motifs is 2. The number of hydrogen-bond acceptors (Lipinski definition) is 5. The smallest absolute Gasteiger partial charge is 0.333 e. The van der Waals surface area contributed by atoms with Crippen LogP contribution in [0.1, 0.15) is 111 Å². The van der Waals surface area contributed by atoms with E-state index < -0.39 is 0 Å². The lowest BCUT2D eigenvalue weighted by Crippen LogP contribution is -2.46. The van der Waals surface area contributed by atoms with E-state index in [1.165, 1.54) is 19.3 Å². The molecule has 7 unspecified atom stereocenters. The summed E-state index contributed by atoms with van der Waals surface area (Å²) in [6.45, 7) is 13.2. The molecule has 0 N–H and O–H groups in total. The molecule has 5 aliphatic rings. The molecule has 2 bridgehead atoms. The minimum absolute atomic E-state index is 0.0395. The average molecular weight is 499 g/mol. The maximum absolute atomic E-state index is 12.6. The molecule has 0 aromatic heterocycles. The van der Waals surface area contributed by atoms with Gasteiger partial charge >= 0.3 is 11.9 Å². The molecule has 7 atom stereocenters. The quantitative estimate of drug-likeness (QED) is 0.271. The zero-order valence-corrected chi connectivity index (χ0v) is 22.7. The maximum Gasteiger partial charge on any atom is 0.333 e. The van der Waals surface area contributed by atoms with Crippen LogP contribution in [-0.4, -0.2) is 34.8 Å². The molecule has 0 aromatic rings. The molecule has 0 aromatic carbocycles. The van der Waals surface area contributed by atoms with Crippen LogP contribution < -0.4 is 0 Å². The van der Waals surface area contributed by atoms with E-state index in [0.29, 0.717) is 34.8 Å². The van der Waals surface area contributed by atoms with Crippen molar-refractivity contribution in [1.29, 1.82) is 0 Å². The molecule has 2 saturated heterocycles. The Morgan fingerprint density at radius 2 is 1.56 bits per heavy atom. The summed E-state index contributed by atoms with van der Waals surface area (Å²) in [5, 5.41) is 0. The van der Waals surface area contributed by atoms with Crippen LogP contribution in [0.2, 0.25) is 0 Å². The summed E-state index contributed by atoms with van der Waals surface area (Å²) >= 11 is 0. The van der Waals surface area contributed by atoms with Gasteiger partial charge < -0.3 is 14.2 Å². The topological polar surface area (TPSA) is 61.8 Å². The van der Waals surface area contributed by atoms with Gasteiger partial charge in [0.1, 0.15) is 11.2 Å². The average Bonchev–Trinajstić information content (AvgIpc) is 3.67. The second-order valence-corrected chi connectivity index (χ2v) is 13.0. The van der Waals surface area contributed by atoms with Crippen LogP contribution in [0.25, 0.3) is 0 Å². The normalized spacial score (nSPS) is 40.9. The van der Waals surface area contributed by atoms with Crippen LogP contribution in [0.15, 0.2) is 24.3 Å². The summed E-state index contributed by atoms with van der Waals surface area (Å²) < 4.78 is 19.1. The van der Waals surface area contributed by atoms with E-state index in [9.17, 15) is 9.59 Å². The van der Waals surface area contributed by atoms with Crippen molar-refractivity contribution >= 4 is 11.9 Å². The summed E-state index contributed by atoms with van der Waals surface area (Å²) in [6, 6.07) is 0. The van der Waals surface area contributed by atoms with E-state index in [-0.39, 0.29) is 34.8 Å². The Labute approximate surface area is 217 Å². The maximum atomic E-state index is 12.6. The Hall–Kier alpha value is -1.62. The largest absolute Gasteiger partial charge is 0.456 e. The Kier molecular flexibility index (Phi) is 6.93. The summed E-state index contributed by atoms with van der Waals surface area (Å²) in [6.07, 6.45) is 15.4. The van der Waals surface area contributed by atoms with E-state index in [4.69, 9.17) is 14.2 Å². The van der Waals surface area contributed by atoms with E-state index in [1.54, 1.807) is 13.8 Å². The second-order valence-electron chi connectivity index (χ2n) is 13.0. The fourth-order valence-electron chi connectivity index (χ4n) is 8.75. The van der Waals surface area contributed by atoms with Gasteiger partial charge in [0.15, 0.2) is 0 Å². The number of carbonyl (C=O) groups excluding carboxylic acids is 2. The van der Waals surface area contributed by atoms with Crippen LogP contribution in [0.4, 0.5) is 0 Å². The molecular weight excluding hydrogens is 452 g/mol. The molecule has 3 saturated carbocycles. The van der Waals surface area contributed by atoms with E-state index >= 15 is 0 Å². The molecular formula is C31H46O5. The van der Waals surface area contributed by atoms with Crippen molar-refractivity contribution in [2.24, 2.45) is 23.7 Å². The fourth-order valence-corrected chi connectivity index (χ4v) is 8.75. The Morgan fingerprint density at radius 3 is 2.22 bits per heavy atom. The minimum Gasteiger partial charge on any atom is -0.456 e. The van der Waals surface area contributed by atoms with Gasteiger partial charge in [0.25, 0.3) is 0 Å². The first-order valence-electron chi connectivity index (χ1n) is 14.6. The van der Waals surface area contributed by atoms with Crippen molar-refractivity contribution in [3.8, 4) is 0 Å². The molecule has 5 fully saturated rings.